The molecule has 6 nitrogen and oxygen atoms in total. The van der Waals surface area contributed by atoms with Crippen molar-refractivity contribution in [3.05, 3.63) is 39.9 Å². The number of carbonyl (C=O) groups is 1. The van der Waals surface area contributed by atoms with Crippen LogP contribution >= 0.6 is 22.9 Å². The number of hydrogen-bond acceptors (Lipinski definition) is 5. The van der Waals surface area contributed by atoms with Gasteiger partial charge >= 0.3 is 0 Å². The van der Waals surface area contributed by atoms with Gasteiger partial charge in [-0.2, -0.15) is 0 Å². The van der Waals surface area contributed by atoms with E-state index in [0.717, 1.165) is 9.18 Å². The summed E-state index contributed by atoms with van der Waals surface area (Å²) in [6.45, 7) is 1.87. The first-order valence-electron chi connectivity index (χ1n) is 6.17. The highest BCUT2D eigenvalue weighted by molar-refractivity contribution is 7.89. The SMILES string of the molecule is Cc1cnc(NC(=O)c2ccc(Cl)c(S(=O)(=O)N(C)C)c2)s1. The molecular weight excluding hydrogens is 346 g/mol. The highest BCUT2D eigenvalue weighted by Crippen LogP contribution is 2.25. The molecule has 0 aliphatic heterocycles. The van der Waals surface area contributed by atoms with Crippen LogP contribution in [0, 0.1) is 6.92 Å². The van der Waals surface area contributed by atoms with Gasteiger partial charge in [-0.3, -0.25) is 10.1 Å². The van der Waals surface area contributed by atoms with E-state index in [1.165, 1.54) is 43.6 Å². The first kappa shape index (κ1) is 16.9. The van der Waals surface area contributed by atoms with Crippen LogP contribution in [-0.4, -0.2) is 37.7 Å². The second-order valence-electron chi connectivity index (χ2n) is 4.66. The second-order valence-corrected chi connectivity index (χ2v) is 8.43. The largest absolute Gasteiger partial charge is 0.298 e. The van der Waals surface area contributed by atoms with E-state index in [1.54, 1.807) is 6.20 Å². The third-order valence-corrected chi connectivity index (χ3v) is 5.92. The topological polar surface area (TPSA) is 79.4 Å². The molecule has 0 radical (unpaired) electrons. The number of carbonyl (C=O) groups excluding carboxylic acids is 1. The van der Waals surface area contributed by atoms with Crippen molar-refractivity contribution in [1.82, 2.24) is 9.29 Å². The predicted molar refractivity (Wildman–Crippen MR) is 87.1 cm³/mol. The average Bonchev–Trinajstić information content (AvgIpc) is 2.84. The molecule has 0 bridgehead atoms. The average molecular weight is 360 g/mol. The third kappa shape index (κ3) is 3.46. The lowest BCUT2D eigenvalue weighted by atomic mass is 10.2. The fourth-order valence-corrected chi connectivity index (χ4v) is 3.67. The summed E-state index contributed by atoms with van der Waals surface area (Å²) in [5, 5.41) is 3.14. The minimum absolute atomic E-state index is 0.0651. The molecule has 1 heterocycles. The molecule has 118 valence electrons. The van der Waals surface area contributed by atoms with Crippen LogP contribution < -0.4 is 5.32 Å². The molecule has 0 fully saturated rings. The van der Waals surface area contributed by atoms with Gasteiger partial charge in [-0.15, -0.1) is 11.3 Å². The molecule has 0 aliphatic carbocycles. The summed E-state index contributed by atoms with van der Waals surface area (Å²) in [7, 11) is -0.925. The Hall–Kier alpha value is -1.48. The molecule has 1 aromatic carbocycles. The van der Waals surface area contributed by atoms with Crippen molar-refractivity contribution in [3.8, 4) is 0 Å². The number of thiazole rings is 1. The summed E-state index contributed by atoms with van der Waals surface area (Å²) in [6, 6.07) is 4.11. The highest BCUT2D eigenvalue weighted by Gasteiger charge is 2.22. The van der Waals surface area contributed by atoms with E-state index in [9.17, 15) is 13.2 Å². The van der Waals surface area contributed by atoms with E-state index >= 15 is 0 Å². The lowest BCUT2D eigenvalue weighted by molar-refractivity contribution is 0.102. The summed E-state index contributed by atoms with van der Waals surface area (Å²) in [6.07, 6.45) is 1.64. The number of benzene rings is 1. The predicted octanol–water partition coefficient (Wildman–Crippen LogP) is 2.61. The lowest BCUT2D eigenvalue weighted by Gasteiger charge is -2.13. The number of halogens is 1. The van der Waals surface area contributed by atoms with Crippen molar-refractivity contribution >= 4 is 44.0 Å². The molecule has 9 heteroatoms. The Balaban J connectivity index is 2.35. The highest BCUT2D eigenvalue weighted by atomic mass is 35.5. The molecule has 0 aliphatic rings. The minimum Gasteiger partial charge on any atom is -0.298 e. The summed E-state index contributed by atoms with van der Waals surface area (Å²) in [5.41, 5.74) is 0.192. The molecule has 0 saturated heterocycles. The number of nitrogens with zero attached hydrogens (tertiary/aromatic N) is 2. The first-order valence-corrected chi connectivity index (χ1v) is 8.81. The summed E-state index contributed by atoms with van der Waals surface area (Å²) >= 11 is 7.28. The van der Waals surface area contributed by atoms with E-state index in [-0.39, 0.29) is 15.5 Å². The van der Waals surface area contributed by atoms with E-state index in [2.05, 4.69) is 10.3 Å². The summed E-state index contributed by atoms with van der Waals surface area (Å²) < 4.78 is 25.4. The number of amides is 1. The van der Waals surface area contributed by atoms with Crippen LogP contribution in [0.3, 0.4) is 0 Å². The van der Waals surface area contributed by atoms with Crippen LogP contribution in [0.15, 0.2) is 29.3 Å². The maximum absolute atomic E-state index is 12.2. The summed E-state index contributed by atoms with van der Waals surface area (Å²) in [5.74, 6) is -0.443. The van der Waals surface area contributed by atoms with Gasteiger partial charge in [-0.1, -0.05) is 11.6 Å². The van der Waals surface area contributed by atoms with Crippen molar-refractivity contribution < 1.29 is 13.2 Å². The van der Waals surface area contributed by atoms with Gasteiger partial charge in [-0.25, -0.2) is 17.7 Å². The number of sulfonamides is 1. The van der Waals surface area contributed by atoms with Gasteiger partial charge in [0, 0.05) is 30.7 Å². The van der Waals surface area contributed by atoms with Crippen molar-refractivity contribution in [2.75, 3.05) is 19.4 Å². The van der Waals surface area contributed by atoms with Gasteiger partial charge in [0.25, 0.3) is 5.91 Å². The number of rotatable bonds is 4. The maximum atomic E-state index is 12.2. The molecule has 0 atom stereocenters. The van der Waals surface area contributed by atoms with E-state index in [1.807, 2.05) is 6.92 Å². The molecular formula is C13H14ClN3O3S2. The monoisotopic (exact) mass is 359 g/mol. The molecule has 1 N–H and O–H groups in total. The zero-order valence-electron chi connectivity index (χ0n) is 12.1. The van der Waals surface area contributed by atoms with Gasteiger partial charge in [0.15, 0.2) is 5.13 Å². The Morgan fingerprint density at radius 1 is 1.36 bits per heavy atom. The van der Waals surface area contributed by atoms with E-state index in [4.69, 9.17) is 11.6 Å². The smallest absolute Gasteiger partial charge is 0.257 e. The molecule has 2 aromatic rings. The number of anilines is 1. The Morgan fingerprint density at radius 2 is 2.05 bits per heavy atom. The van der Waals surface area contributed by atoms with Gasteiger partial charge < -0.3 is 0 Å². The molecule has 0 spiro atoms. The van der Waals surface area contributed by atoms with Crippen molar-refractivity contribution in [2.24, 2.45) is 0 Å². The van der Waals surface area contributed by atoms with Crippen LogP contribution in [0.5, 0.6) is 0 Å². The number of aryl methyl sites for hydroxylation is 1. The second kappa shape index (κ2) is 6.33. The zero-order valence-corrected chi connectivity index (χ0v) is 14.5. The van der Waals surface area contributed by atoms with Crippen molar-refractivity contribution in [2.45, 2.75) is 11.8 Å². The number of nitrogens with one attached hydrogen (secondary N) is 1. The molecule has 0 unspecified atom stereocenters. The lowest BCUT2D eigenvalue weighted by Crippen LogP contribution is -2.23. The molecule has 1 aromatic heterocycles. The normalized spacial score (nSPS) is 11.7. The molecule has 1 amide bonds. The van der Waals surface area contributed by atoms with Gasteiger partial charge in [0.2, 0.25) is 10.0 Å². The number of aromatic nitrogens is 1. The fourth-order valence-electron chi connectivity index (χ4n) is 1.62. The fraction of sp³-hybridized carbons (Fsp3) is 0.231. The quantitative estimate of drug-likeness (QED) is 0.910. The van der Waals surface area contributed by atoms with Crippen LogP contribution in [0.4, 0.5) is 5.13 Å². The molecule has 2 rings (SSSR count). The maximum Gasteiger partial charge on any atom is 0.257 e. The zero-order chi connectivity index (χ0) is 16.5. The van der Waals surface area contributed by atoms with Gasteiger partial charge in [0.05, 0.1) is 5.02 Å². The Morgan fingerprint density at radius 3 is 2.59 bits per heavy atom. The third-order valence-electron chi connectivity index (χ3n) is 2.79. The van der Waals surface area contributed by atoms with Gasteiger partial charge in [-0.05, 0) is 25.1 Å². The molecule has 22 heavy (non-hydrogen) atoms. The number of hydrogen-bond donors (Lipinski definition) is 1. The van der Waals surface area contributed by atoms with Crippen molar-refractivity contribution in [1.29, 1.82) is 0 Å². The Kier molecular flexibility index (Phi) is 4.86. The van der Waals surface area contributed by atoms with Gasteiger partial charge in [0.1, 0.15) is 4.90 Å². The van der Waals surface area contributed by atoms with Crippen LogP contribution in [-0.2, 0) is 10.0 Å². The minimum atomic E-state index is -3.72. The summed E-state index contributed by atoms with van der Waals surface area (Å²) in [4.78, 5) is 17.1. The van der Waals surface area contributed by atoms with Crippen LogP contribution in [0.25, 0.3) is 0 Å². The Bertz CT molecular complexity index is 816. The van der Waals surface area contributed by atoms with E-state index < -0.39 is 15.9 Å². The standard InChI is InChI=1S/C13H14ClN3O3S2/c1-8-7-15-13(21-8)16-12(18)9-4-5-10(14)11(6-9)22(19,20)17(2)3/h4-7H,1-3H3,(H,15,16,18). The Labute approximate surface area is 137 Å². The van der Waals surface area contributed by atoms with E-state index in [0.29, 0.717) is 5.13 Å². The van der Waals surface area contributed by atoms with Crippen molar-refractivity contribution in [3.63, 3.8) is 0 Å². The molecule has 0 saturated carbocycles. The van der Waals surface area contributed by atoms with Crippen LogP contribution in [0.2, 0.25) is 5.02 Å². The van der Waals surface area contributed by atoms with Crippen LogP contribution in [0.1, 0.15) is 15.2 Å². The first-order chi connectivity index (χ1) is 10.2.